The first-order chi connectivity index (χ1) is 10.9. The smallest absolute Gasteiger partial charge is 0.259 e. The third-order valence-corrected chi connectivity index (χ3v) is 6.59. The van der Waals surface area contributed by atoms with Gasteiger partial charge in [-0.1, -0.05) is 23.2 Å². The van der Waals surface area contributed by atoms with E-state index in [-0.39, 0.29) is 10.8 Å². The number of hydrogen-bond acceptors (Lipinski definition) is 4. The average Bonchev–Trinajstić information content (AvgIpc) is 2.78. The number of H-pyrrole nitrogens is 1. The van der Waals surface area contributed by atoms with Crippen molar-refractivity contribution >= 4 is 56.5 Å². The summed E-state index contributed by atoms with van der Waals surface area (Å²) in [5.74, 6) is 0.643. The first kappa shape index (κ1) is 16.8. The normalized spacial score (nSPS) is 12.7. The second-order valence-corrected chi connectivity index (χ2v) is 8.68. The second kappa shape index (κ2) is 6.48. The topological polar surface area (TPSA) is 45.8 Å². The van der Waals surface area contributed by atoms with E-state index in [4.69, 9.17) is 23.2 Å². The first-order valence-electron chi connectivity index (χ1n) is 6.98. The van der Waals surface area contributed by atoms with E-state index in [9.17, 15) is 4.79 Å². The highest BCUT2D eigenvalue weighted by Gasteiger charge is 2.17. The van der Waals surface area contributed by atoms with E-state index in [2.05, 4.69) is 9.97 Å². The minimum Gasteiger partial charge on any atom is -0.309 e. The lowest BCUT2D eigenvalue weighted by Gasteiger charge is -2.12. The first-order valence-corrected chi connectivity index (χ1v) is 9.43. The summed E-state index contributed by atoms with van der Waals surface area (Å²) in [6.07, 6.45) is 0. The van der Waals surface area contributed by atoms with Crippen molar-refractivity contribution in [3.05, 3.63) is 54.9 Å². The number of aromatic nitrogens is 2. The van der Waals surface area contributed by atoms with Crippen LogP contribution in [-0.2, 0) is 0 Å². The van der Waals surface area contributed by atoms with Gasteiger partial charge in [-0.05, 0) is 44.5 Å². The summed E-state index contributed by atoms with van der Waals surface area (Å²) in [7, 11) is 0. The molecule has 120 valence electrons. The monoisotopic (exact) mass is 384 g/mol. The zero-order chi connectivity index (χ0) is 16.7. The number of nitrogens with one attached hydrogen (secondary N) is 1. The Morgan fingerprint density at radius 1 is 1.30 bits per heavy atom. The molecule has 0 bridgehead atoms. The maximum atomic E-state index is 12.4. The lowest BCUT2D eigenvalue weighted by Crippen LogP contribution is -2.12. The molecule has 1 atom stereocenters. The minimum atomic E-state index is -0.0866. The molecule has 0 fully saturated rings. The van der Waals surface area contributed by atoms with Gasteiger partial charge in [0.15, 0.2) is 0 Å². The van der Waals surface area contributed by atoms with Gasteiger partial charge in [-0.3, -0.25) is 4.79 Å². The van der Waals surface area contributed by atoms with Gasteiger partial charge in [0, 0.05) is 14.8 Å². The van der Waals surface area contributed by atoms with Crippen molar-refractivity contribution < 1.29 is 0 Å². The predicted octanol–water partition coefficient (Wildman–Crippen LogP) is 5.76. The number of halogens is 2. The van der Waals surface area contributed by atoms with Crippen molar-refractivity contribution in [1.29, 1.82) is 0 Å². The van der Waals surface area contributed by atoms with E-state index in [0.717, 1.165) is 20.2 Å². The Balaban J connectivity index is 1.99. The molecular weight excluding hydrogens is 371 g/mol. The Morgan fingerprint density at radius 2 is 2.04 bits per heavy atom. The Hall–Kier alpha value is -1.01. The van der Waals surface area contributed by atoms with Gasteiger partial charge in [-0.25, -0.2) is 4.98 Å². The SMILES string of the molecule is Cc1sc2nc([C@H](C)Sc3cc(Cl)ccc3Cl)[nH]c(=O)c2c1C. The molecule has 2 heterocycles. The fraction of sp³-hybridized carbons (Fsp3) is 0.250. The van der Waals surface area contributed by atoms with Crippen LogP contribution in [0.3, 0.4) is 0 Å². The average molecular weight is 385 g/mol. The second-order valence-electron chi connectivity index (χ2n) is 5.25. The molecule has 0 radical (unpaired) electrons. The highest BCUT2D eigenvalue weighted by molar-refractivity contribution is 7.99. The van der Waals surface area contributed by atoms with Gasteiger partial charge in [0.05, 0.1) is 15.7 Å². The Kier molecular flexibility index (Phi) is 4.74. The maximum absolute atomic E-state index is 12.4. The van der Waals surface area contributed by atoms with Crippen molar-refractivity contribution in [3.8, 4) is 0 Å². The summed E-state index contributed by atoms with van der Waals surface area (Å²) in [5.41, 5.74) is 0.917. The van der Waals surface area contributed by atoms with Crippen LogP contribution >= 0.6 is 46.3 Å². The van der Waals surface area contributed by atoms with Gasteiger partial charge in [-0.15, -0.1) is 23.1 Å². The molecule has 0 amide bonds. The van der Waals surface area contributed by atoms with Gasteiger partial charge >= 0.3 is 0 Å². The molecule has 0 unspecified atom stereocenters. The van der Waals surface area contributed by atoms with Crippen LogP contribution in [-0.4, -0.2) is 9.97 Å². The molecule has 23 heavy (non-hydrogen) atoms. The number of benzene rings is 1. The standard InChI is InChI=1S/C16H14Cl2N2OS2/c1-7-8(2)23-16-13(7)15(21)19-14(20-16)9(3)22-12-6-10(17)4-5-11(12)18/h4-6,9H,1-3H3,(H,19,20,21)/t9-/m0/s1. The molecule has 1 aromatic carbocycles. The molecule has 3 aromatic rings. The minimum absolute atomic E-state index is 0.0502. The number of fused-ring (bicyclic) bond motifs is 1. The Morgan fingerprint density at radius 3 is 2.78 bits per heavy atom. The van der Waals surface area contributed by atoms with Gasteiger partial charge in [0.25, 0.3) is 5.56 Å². The molecule has 0 aliphatic carbocycles. The molecule has 2 aromatic heterocycles. The molecule has 3 rings (SSSR count). The predicted molar refractivity (Wildman–Crippen MR) is 100 cm³/mol. The molecule has 0 spiro atoms. The third-order valence-electron chi connectivity index (χ3n) is 3.64. The molecule has 0 aliphatic heterocycles. The fourth-order valence-corrected chi connectivity index (χ4v) is 4.78. The number of rotatable bonds is 3. The largest absolute Gasteiger partial charge is 0.309 e. The number of thiophene rings is 1. The quantitative estimate of drug-likeness (QED) is 0.583. The summed E-state index contributed by atoms with van der Waals surface area (Å²) in [6.45, 7) is 5.94. The fourth-order valence-electron chi connectivity index (χ4n) is 2.28. The van der Waals surface area contributed by atoms with E-state index >= 15 is 0 Å². The van der Waals surface area contributed by atoms with E-state index in [1.807, 2.05) is 26.8 Å². The van der Waals surface area contributed by atoms with Gasteiger partial charge in [0.2, 0.25) is 0 Å². The van der Waals surface area contributed by atoms with Crippen molar-refractivity contribution in [3.63, 3.8) is 0 Å². The molecule has 0 aliphatic rings. The van der Waals surface area contributed by atoms with Crippen LogP contribution in [0.2, 0.25) is 10.0 Å². The molecule has 1 N–H and O–H groups in total. The van der Waals surface area contributed by atoms with Gasteiger partial charge in [-0.2, -0.15) is 0 Å². The number of aromatic amines is 1. The number of hydrogen-bond donors (Lipinski definition) is 1. The Bertz CT molecular complexity index is 949. The van der Waals surface area contributed by atoms with Crippen LogP contribution in [0.15, 0.2) is 27.9 Å². The van der Waals surface area contributed by atoms with Crippen LogP contribution in [0.1, 0.15) is 28.4 Å². The summed E-state index contributed by atoms with van der Waals surface area (Å²) < 4.78 is 0. The van der Waals surface area contributed by atoms with E-state index in [1.54, 1.807) is 23.5 Å². The van der Waals surface area contributed by atoms with Crippen molar-refractivity contribution in [1.82, 2.24) is 9.97 Å². The summed E-state index contributed by atoms with van der Waals surface area (Å²) >= 11 is 15.3. The van der Waals surface area contributed by atoms with E-state index in [0.29, 0.717) is 21.3 Å². The van der Waals surface area contributed by atoms with Crippen LogP contribution in [0, 0.1) is 13.8 Å². The zero-order valence-electron chi connectivity index (χ0n) is 12.7. The number of thioether (sulfide) groups is 1. The highest BCUT2D eigenvalue weighted by Crippen LogP contribution is 2.39. The molecular formula is C16H14Cl2N2OS2. The third kappa shape index (κ3) is 3.29. The lowest BCUT2D eigenvalue weighted by atomic mass is 10.2. The van der Waals surface area contributed by atoms with Crippen molar-refractivity contribution in [2.45, 2.75) is 30.9 Å². The van der Waals surface area contributed by atoms with E-state index in [1.165, 1.54) is 11.8 Å². The number of aryl methyl sites for hydroxylation is 2. The Labute approximate surface area is 152 Å². The van der Waals surface area contributed by atoms with Crippen LogP contribution in [0.4, 0.5) is 0 Å². The summed E-state index contributed by atoms with van der Waals surface area (Å²) in [6, 6.07) is 5.34. The molecule has 3 nitrogen and oxygen atoms in total. The van der Waals surface area contributed by atoms with Crippen molar-refractivity contribution in [2.75, 3.05) is 0 Å². The van der Waals surface area contributed by atoms with Gasteiger partial charge in [0.1, 0.15) is 10.7 Å². The van der Waals surface area contributed by atoms with Crippen LogP contribution < -0.4 is 5.56 Å². The molecule has 0 saturated carbocycles. The van der Waals surface area contributed by atoms with Crippen LogP contribution in [0.25, 0.3) is 10.2 Å². The van der Waals surface area contributed by atoms with Gasteiger partial charge < -0.3 is 4.98 Å². The zero-order valence-corrected chi connectivity index (χ0v) is 15.9. The van der Waals surface area contributed by atoms with Crippen LogP contribution in [0.5, 0.6) is 0 Å². The maximum Gasteiger partial charge on any atom is 0.259 e. The summed E-state index contributed by atoms with van der Waals surface area (Å²) in [4.78, 5) is 22.7. The molecule has 0 saturated heterocycles. The molecule has 7 heteroatoms. The number of nitrogens with zero attached hydrogens (tertiary/aromatic N) is 1. The summed E-state index contributed by atoms with van der Waals surface area (Å²) in [5, 5.41) is 1.91. The highest BCUT2D eigenvalue weighted by atomic mass is 35.5. The van der Waals surface area contributed by atoms with E-state index < -0.39 is 0 Å². The van der Waals surface area contributed by atoms with Crippen molar-refractivity contribution in [2.24, 2.45) is 0 Å². The lowest BCUT2D eigenvalue weighted by molar-refractivity contribution is 0.925.